The number of aliphatic carboxylic acids is 1. The van der Waals surface area contributed by atoms with E-state index < -0.39 is 16.0 Å². The molecule has 0 fully saturated rings. The molecule has 28 heavy (non-hydrogen) atoms. The molecule has 7 nitrogen and oxygen atoms in total. The summed E-state index contributed by atoms with van der Waals surface area (Å²) >= 11 is 0. The molecule has 2 aromatic rings. The second-order valence-electron chi connectivity index (χ2n) is 5.70. The molecule has 0 atom stereocenters. The van der Waals surface area contributed by atoms with Crippen LogP contribution >= 0.6 is 0 Å². The van der Waals surface area contributed by atoms with Gasteiger partial charge in [-0.3, -0.25) is 0 Å². The molecule has 0 spiro atoms. The minimum atomic E-state index is -3.99. The summed E-state index contributed by atoms with van der Waals surface area (Å²) < 4.78 is 51.3. The smallest absolute Gasteiger partial charge is 0.328 e. The monoisotopic (exact) mass is 409 g/mol. The lowest BCUT2D eigenvalue weighted by atomic mass is 10.1. The van der Waals surface area contributed by atoms with Crippen molar-refractivity contribution in [3.63, 3.8) is 0 Å². The third kappa shape index (κ3) is 5.54. The van der Waals surface area contributed by atoms with Crippen LogP contribution in [0.1, 0.15) is 11.1 Å². The van der Waals surface area contributed by atoms with Gasteiger partial charge in [-0.2, -0.15) is 0 Å². The van der Waals surface area contributed by atoms with Gasteiger partial charge < -0.3 is 14.6 Å². The molecule has 2 N–H and O–H groups in total. The lowest BCUT2D eigenvalue weighted by molar-refractivity contribution is -0.131. The first-order valence-corrected chi connectivity index (χ1v) is 9.66. The van der Waals surface area contributed by atoms with E-state index in [0.29, 0.717) is 12.0 Å². The normalized spacial score (nSPS) is 11.5. The number of nitrogens with one attached hydrogen (secondary N) is 1. The molecule has 0 aliphatic rings. The summed E-state index contributed by atoms with van der Waals surface area (Å²) in [6.07, 6.45) is 2.50. The average molecular weight is 409 g/mol. The van der Waals surface area contributed by atoms with Crippen LogP contribution in [0.25, 0.3) is 6.08 Å². The summed E-state index contributed by atoms with van der Waals surface area (Å²) in [5.41, 5.74) is 1.09. The quantitative estimate of drug-likeness (QED) is 0.617. The number of carboxylic acid groups (broad SMARTS) is 1. The van der Waals surface area contributed by atoms with Crippen molar-refractivity contribution < 1.29 is 32.2 Å². The molecule has 0 heterocycles. The summed E-state index contributed by atoms with van der Waals surface area (Å²) in [7, 11) is -1.33. The lowest BCUT2D eigenvalue weighted by Gasteiger charge is -2.15. The van der Waals surface area contributed by atoms with E-state index in [0.717, 1.165) is 11.6 Å². The van der Waals surface area contributed by atoms with Crippen LogP contribution in [0.2, 0.25) is 0 Å². The summed E-state index contributed by atoms with van der Waals surface area (Å²) in [6, 6.07) is 8.51. The summed E-state index contributed by atoms with van der Waals surface area (Å²) in [4.78, 5) is 10.6. The van der Waals surface area contributed by atoms with Crippen LogP contribution in [0.5, 0.6) is 11.5 Å². The van der Waals surface area contributed by atoms with Gasteiger partial charge in [0.25, 0.3) is 0 Å². The minimum absolute atomic E-state index is 0.00394. The van der Waals surface area contributed by atoms with Crippen molar-refractivity contribution in [1.82, 2.24) is 4.72 Å². The van der Waals surface area contributed by atoms with Gasteiger partial charge in [0.2, 0.25) is 10.0 Å². The van der Waals surface area contributed by atoms with Gasteiger partial charge >= 0.3 is 5.97 Å². The van der Waals surface area contributed by atoms with Crippen LogP contribution in [0.3, 0.4) is 0 Å². The molecule has 0 amide bonds. The molecule has 0 radical (unpaired) electrons. The Kier molecular flexibility index (Phi) is 7.13. The number of ether oxygens (including phenoxy) is 2. The molecular weight excluding hydrogens is 389 g/mol. The highest BCUT2D eigenvalue weighted by Gasteiger charge is 2.23. The van der Waals surface area contributed by atoms with Gasteiger partial charge in [0.15, 0.2) is 11.5 Å². The van der Waals surface area contributed by atoms with E-state index in [1.807, 2.05) is 0 Å². The van der Waals surface area contributed by atoms with E-state index in [4.69, 9.17) is 14.6 Å². The van der Waals surface area contributed by atoms with E-state index in [1.165, 1.54) is 44.6 Å². The topological polar surface area (TPSA) is 102 Å². The molecular formula is C19H20FNO6S. The molecule has 0 bridgehead atoms. The largest absolute Gasteiger partial charge is 0.493 e. The fourth-order valence-corrected chi connectivity index (χ4v) is 3.72. The first kappa shape index (κ1) is 21.4. The Hall–Kier alpha value is -2.91. The number of methoxy groups -OCH3 is 2. The van der Waals surface area contributed by atoms with E-state index in [1.54, 1.807) is 12.1 Å². The zero-order chi connectivity index (χ0) is 20.7. The van der Waals surface area contributed by atoms with Crippen LogP contribution in [-0.2, 0) is 21.2 Å². The van der Waals surface area contributed by atoms with Crippen molar-refractivity contribution in [3.8, 4) is 11.5 Å². The van der Waals surface area contributed by atoms with Gasteiger partial charge in [-0.15, -0.1) is 0 Å². The molecule has 0 saturated carbocycles. The van der Waals surface area contributed by atoms with Crippen molar-refractivity contribution in [3.05, 3.63) is 59.4 Å². The van der Waals surface area contributed by atoms with E-state index in [2.05, 4.69) is 4.72 Å². The Balaban J connectivity index is 2.29. The number of hydrogen-bond acceptors (Lipinski definition) is 5. The Morgan fingerprint density at radius 3 is 2.43 bits per heavy atom. The molecule has 0 aromatic heterocycles. The highest BCUT2D eigenvalue weighted by molar-refractivity contribution is 7.89. The number of carboxylic acids is 1. The minimum Gasteiger partial charge on any atom is -0.493 e. The summed E-state index contributed by atoms with van der Waals surface area (Å²) in [5, 5.41) is 8.78. The number of sulfonamides is 1. The molecule has 2 aromatic carbocycles. The van der Waals surface area contributed by atoms with Crippen molar-refractivity contribution >= 4 is 22.1 Å². The Morgan fingerprint density at radius 1 is 1.18 bits per heavy atom. The average Bonchev–Trinajstić information content (AvgIpc) is 2.66. The Morgan fingerprint density at radius 2 is 1.86 bits per heavy atom. The highest BCUT2D eigenvalue weighted by Crippen LogP contribution is 2.36. The van der Waals surface area contributed by atoms with Gasteiger partial charge in [-0.25, -0.2) is 22.3 Å². The lowest BCUT2D eigenvalue weighted by Crippen LogP contribution is -2.26. The number of benzene rings is 2. The van der Waals surface area contributed by atoms with Gasteiger partial charge in [0, 0.05) is 12.6 Å². The first-order chi connectivity index (χ1) is 13.3. The predicted octanol–water partition coefficient (Wildman–Crippen LogP) is 2.46. The summed E-state index contributed by atoms with van der Waals surface area (Å²) in [5.74, 6) is -1.39. The maximum absolute atomic E-state index is 12.9. The van der Waals surface area contributed by atoms with Crippen molar-refractivity contribution in [2.24, 2.45) is 0 Å². The van der Waals surface area contributed by atoms with Gasteiger partial charge in [0.05, 0.1) is 14.2 Å². The molecule has 0 aliphatic carbocycles. The highest BCUT2D eigenvalue weighted by atomic mass is 32.2. The maximum atomic E-state index is 12.9. The van der Waals surface area contributed by atoms with Gasteiger partial charge in [-0.05, 0) is 47.9 Å². The van der Waals surface area contributed by atoms with Crippen LogP contribution in [0.15, 0.2) is 47.4 Å². The predicted molar refractivity (Wildman–Crippen MR) is 102 cm³/mol. The SMILES string of the molecule is COc1cc(/C=C/C(=O)O)cc(S(=O)(=O)NCCc2ccc(F)cc2)c1OC. The van der Waals surface area contributed by atoms with Gasteiger partial charge in [-0.1, -0.05) is 12.1 Å². The van der Waals surface area contributed by atoms with Crippen LogP contribution < -0.4 is 14.2 Å². The molecule has 150 valence electrons. The molecule has 9 heteroatoms. The molecule has 0 aliphatic heterocycles. The van der Waals surface area contributed by atoms with E-state index in [9.17, 15) is 17.6 Å². The molecule has 2 rings (SSSR count). The molecule has 0 unspecified atom stereocenters. The second-order valence-corrected chi connectivity index (χ2v) is 7.44. The van der Waals surface area contributed by atoms with E-state index in [-0.39, 0.29) is 28.8 Å². The summed E-state index contributed by atoms with van der Waals surface area (Å²) in [6.45, 7) is 0.0780. The van der Waals surface area contributed by atoms with Crippen molar-refractivity contribution in [2.45, 2.75) is 11.3 Å². The number of hydrogen-bond donors (Lipinski definition) is 2. The Labute approximate surface area is 162 Å². The zero-order valence-electron chi connectivity index (χ0n) is 15.3. The van der Waals surface area contributed by atoms with Crippen molar-refractivity contribution in [2.75, 3.05) is 20.8 Å². The fraction of sp³-hybridized carbons (Fsp3) is 0.211. The maximum Gasteiger partial charge on any atom is 0.328 e. The van der Waals surface area contributed by atoms with Gasteiger partial charge in [0.1, 0.15) is 10.7 Å². The number of carbonyl (C=O) groups is 1. The van der Waals surface area contributed by atoms with Crippen LogP contribution in [-0.4, -0.2) is 40.3 Å². The fourth-order valence-electron chi connectivity index (χ4n) is 2.47. The van der Waals surface area contributed by atoms with E-state index >= 15 is 0 Å². The van der Waals surface area contributed by atoms with Crippen LogP contribution in [0, 0.1) is 5.82 Å². The van der Waals surface area contributed by atoms with Crippen LogP contribution in [0.4, 0.5) is 4.39 Å². The number of halogens is 1. The second kappa shape index (κ2) is 9.34. The van der Waals surface area contributed by atoms with Crippen molar-refractivity contribution in [1.29, 1.82) is 0 Å². The molecule has 0 saturated heterocycles. The first-order valence-electron chi connectivity index (χ1n) is 8.18. The third-order valence-corrected chi connectivity index (χ3v) is 5.26. The third-order valence-electron chi connectivity index (χ3n) is 3.79. The number of rotatable bonds is 9. The zero-order valence-corrected chi connectivity index (χ0v) is 16.1. The standard InChI is InChI=1S/C19H20FNO6S/c1-26-16-11-14(5-8-18(22)23)12-17(19(16)27-2)28(24,25)21-10-9-13-3-6-15(20)7-4-13/h3-8,11-12,21H,9-10H2,1-2H3,(H,22,23)/b8-5+. The Bertz CT molecular complexity index is 971.